The molecule has 10 heteroatoms. The summed E-state index contributed by atoms with van der Waals surface area (Å²) in [6, 6.07) is 7.70. The molecule has 156 valence electrons. The average Bonchev–Trinajstić information content (AvgIpc) is 2.70. The van der Waals surface area contributed by atoms with E-state index in [1.165, 1.54) is 34.3 Å². The van der Waals surface area contributed by atoms with Crippen LogP contribution >= 0.6 is 0 Å². The number of carbonyl (C=O) groups is 1. The van der Waals surface area contributed by atoms with E-state index in [9.17, 15) is 26.4 Å². The summed E-state index contributed by atoms with van der Waals surface area (Å²) in [6.45, 7) is 1.81. The van der Waals surface area contributed by atoms with Crippen LogP contribution in [0.3, 0.4) is 0 Å². The van der Waals surface area contributed by atoms with Crippen molar-refractivity contribution in [2.45, 2.75) is 17.9 Å². The molecule has 3 rings (SSSR count). The minimum Gasteiger partial charge on any atom is -0.481 e. The van der Waals surface area contributed by atoms with Crippen molar-refractivity contribution in [1.82, 2.24) is 9.21 Å². The number of rotatable bonds is 5. The molecular formula is C19H19F3N2O4S. The van der Waals surface area contributed by atoms with Crippen LogP contribution < -0.4 is 4.74 Å². The van der Waals surface area contributed by atoms with Crippen LogP contribution in [-0.4, -0.2) is 55.8 Å². The molecule has 6 nitrogen and oxygen atoms in total. The van der Waals surface area contributed by atoms with Crippen molar-refractivity contribution in [2.75, 3.05) is 26.2 Å². The lowest BCUT2D eigenvalue weighted by atomic mass is 10.2. The van der Waals surface area contributed by atoms with Gasteiger partial charge in [-0.2, -0.15) is 4.31 Å². The third-order valence-corrected chi connectivity index (χ3v) is 6.43. The van der Waals surface area contributed by atoms with Gasteiger partial charge in [0.1, 0.15) is 11.6 Å². The number of benzene rings is 2. The molecule has 0 radical (unpaired) electrons. The molecule has 29 heavy (non-hydrogen) atoms. The summed E-state index contributed by atoms with van der Waals surface area (Å²) in [6.07, 6.45) is -0.966. The molecule has 0 spiro atoms. The first-order chi connectivity index (χ1) is 13.7. The Hall–Kier alpha value is -2.59. The van der Waals surface area contributed by atoms with Crippen LogP contribution in [0, 0.1) is 17.5 Å². The Bertz CT molecular complexity index is 1010. The summed E-state index contributed by atoms with van der Waals surface area (Å²) in [4.78, 5) is 13.8. The number of ether oxygens (including phenoxy) is 1. The van der Waals surface area contributed by atoms with Gasteiger partial charge in [0.25, 0.3) is 5.91 Å². The van der Waals surface area contributed by atoms with Crippen molar-refractivity contribution >= 4 is 15.9 Å². The Morgan fingerprint density at radius 3 is 2.31 bits per heavy atom. The third-order valence-electron chi connectivity index (χ3n) is 4.54. The van der Waals surface area contributed by atoms with Gasteiger partial charge in [0.05, 0.1) is 4.90 Å². The van der Waals surface area contributed by atoms with Crippen LogP contribution in [0.25, 0.3) is 0 Å². The van der Waals surface area contributed by atoms with Gasteiger partial charge < -0.3 is 9.64 Å². The standard InChI is InChI=1S/C19H19F3N2O4S/c1-13(28-15-5-6-17(21)18(22)12-15)19(25)23-7-9-24(10-8-23)29(26,27)16-4-2-3-14(20)11-16/h2-6,11-13H,7-10H2,1H3. The number of hydrogen-bond acceptors (Lipinski definition) is 4. The first-order valence-corrected chi connectivity index (χ1v) is 10.3. The molecular weight excluding hydrogens is 409 g/mol. The highest BCUT2D eigenvalue weighted by atomic mass is 32.2. The maximum absolute atomic E-state index is 13.4. The fourth-order valence-corrected chi connectivity index (χ4v) is 4.44. The van der Waals surface area contributed by atoms with Crippen LogP contribution in [-0.2, 0) is 14.8 Å². The number of nitrogens with zero attached hydrogens (tertiary/aromatic N) is 2. The second-order valence-corrected chi connectivity index (χ2v) is 8.46. The van der Waals surface area contributed by atoms with Crippen molar-refractivity contribution in [3.05, 3.63) is 59.9 Å². The minimum atomic E-state index is -3.86. The number of halogens is 3. The van der Waals surface area contributed by atoms with E-state index >= 15 is 0 Å². The van der Waals surface area contributed by atoms with E-state index in [0.29, 0.717) is 0 Å². The van der Waals surface area contributed by atoms with Crippen molar-refractivity contribution in [3.63, 3.8) is 0 Å². The molecule has 0 N–H and O–H groups in total. The van der Waals surface area contributed by atoms with Crippen LogP contribution in [0.4, 0.5) is 13.2 Å². The molecule has 0 bridgehead atoms. The second kappa shape index (κ2) is 8.42. The van der Waals surface area contributed by atoms with E-state index in [1.54, 1.807) is 0 Å². The predicted molar refractivity (Wildman–Crippen MR) is 98.2 cm³/mol. The third kappa shape index (κ3) is 4.70. The lowest BCUT2D eigenvalue weighted by Gasteiger charge is -2.35. The quantitative estimate of drug-likeness (QED) is 0.734. The normalized spacial score (nSPS) is 16.5. The van der Waals surface area contributed by atoms with Crippen LogP contribution in [0.2, 0.25) is 0 Å². The van der Waals surface area contributed by atoms with Crippen LogP contribution in [0.1, 0.15) is 6.92 Å². The summed E-state index contributed by atoms with van der Waals surface area (Å²) in [5.41, 5.74) is 0. The minimum absolute atomic E-state index is 0.0112. The molecule has 1 aliphatic rings. The molecule has 2 aromatic rings. The zero-order valence-electron chi connectivity index (χ0n) is 15.5. The molecule has 1 heterocycles. The molecule has 1 unspecified atom stereocenters. The van der Waals surface area contributed by atoms with Gasteiger partial charge in [-0.1, -0.05) is 6.07 Å². The van der Waals surface area contributed by atoms with Crippen LogP contribution in [0.5, 0.6) is 5.75 Å². The number of piperazine rings is 1. The number of amides is 1. The fraction of sp³-hybridized carbons (Fsp3) is 0.316. The van der Waals surface area contributed by atoms with Gasteiger partial charge in [0.2, 0.25) is 10.0 Å². The van der Waals surface area contributed by atoms with Crippen molar-refractivity contribution in [3.8, 4) is 5.75 Å². The summed E-state index contributed by atoms with van der Waals surface area (Å²) >= 11 is 0. The highest BCUT2D eigenvalue weighted by Crippen LogP contribution is 2.20. The molecule has 0 aromatic heterocycles. The number of sulfonamides is 1. The lowest BCUT2D eigenvalue weighted by molar-refractivity contribution is -0.139. The maximum Gasteiger partial charge on any atom is 0.263 e. The van der Waals surface area contributed by atoms with Gasteiger partial charge in [-0.15, -0.1) is 0 Å². The Balaban J connectivity index is 1.60. The number of hydrogen-bond donors (Lipinski definition) is 0. The van der Waals surface area contributed by atoms with E-state index < -0.39 is 39.5 Å². The van der Waals surface area contributed by atoms with Gasteiger partial charge in [-0.3, -0.25) is 4.79 Å². The summed E-state index contributed by atoms with van der Waals surface area (Å²) in [5.74, 6) is -3.15. The molecule has 2 aromatic carbocycles. The van der Waals surface area contributed by atoms with E-state index in [0.717, 1.165) is 24.3 Å². The SMILES string of the molecule is CC(Oc1ccc(F)c(F)c1)C(=O)N1CCN(S(=O)(=O)c2cccc(F)c2)CC1. The monoisotopic (exact) mass is 428 g/mol. The molecule has 0 aliphatic carbocycles. The Labute approximate surface area is 166 Å². The molecule has 0 saturated carbocycles. The van der Waals surface area contributed by atoms with Gasteiger partial charge in [-0.05, 0) is 37.3 Å². The van der Waals surface area contributed by atoms with Crippen molar-refractivity contribution < 1.29 is 31.1 Å². The zero-order chi connectivity index (χ0) is 21.2. The second-order valence-electron chi connectivity index (χ2n) is 6.52. The molecule has 1 atom stereocenters. The first-order valence-electron chi connectivity index (χ1n) is 8.84. The smallest absolute Gasteiger partial charge is 0.263 e. The van der Waals surface area contributed by atoms with Crippen molar-refractivity contribution in [1.29, 1.82) is 0 Å². The van der Waals surface area contributed by atoms with Gasteiger partial charge >= 0.3 is 0 Å². The molecule has 1 amide bonds. The Kier molecular flexibility index (Phi) is 6.13. The highest BCUT2D eigenvalue weighted by Gasteiger charge is 2.32. The maximum atomic E-state index is 13.4. The van der Waals surface area contributed by atoms with Gasteiger partial charge in [-0.25, -0.2) is 21.6 Å². The predicted octanol–water partition coefficient (Wildman–Crippen LogP) is 2.40. The summed E-state index contributed by atoms with van der Waals surface area (Å²) in [7, 11) is -3.86. The topological polar surface area (TPSA) is 66.9 Å². The van der Waals surface area contributed by atoms with Gasteiger partial charge in [0.15, 0.2) is 17.7 Å². The Morgan fingerprint density at radius 1 is 1.00 bits per heavy atom. The number of carbonyl (C=O) groups excluding carboxylic acids is 1. The highest BCUT2D eigenvalue weighted by molar-refractivity contribution is 7.89. The molecule has 1 fully saturated rings. The lowest BCUT2D eigenvalue weighted by Crippen LogP contribution is -2.53. The van der Waals surface area contributed by atoms with E-state index in [-0.39, 0.29) is 36.8 Å². The summed E-state index contributed by atoms with van der Waals surface area (Å²) < 4.78 is 71.4. The van der Waals surface area contributed by atoms with E-state index in [2.05, 4.69) is 0 Å². The van der Waals surface area contributed by atoms with Gasteiger partial charge in [0, 0.05) is 32.2 Å². The first kappa shape index (κ1) is 21.1. The largest absolute Gasteiger partial charge is 0.481 e. The van der Waals surface area contributed by atoms with Crippen molar-refractivity contribution in [2.24, 2.45) is 0 Å². The van der Waals surface area contributed by atoms with Crippen LogP contribution in [0.15, 0.2) is 47.4 Å². The van der Waals surface area contributed by atoms with E-state index in [4.69, 9.17) is 4.74 Å². The van der Waals surface area contributed by atoms with E-state index in [1.807, 2.05) is 0 Å². The average molecular weight is 428 g/mol. The molecule has 1 saturated heterocycles. The Morgan fingerprint density at radius 2 is 1.69 bits per heavy atom. The zero-order valence-corrected chi connectivity index (χ0v) is 16.3. The fourth-order valence-electron chi connectivity index (χ4n) is 2.99. The summed E-state index contributed by atoms with van der Waals surface area (Å²) in [5, 5.41) is 0. The molecule has 1 aliphatic heterocycles.